The summed E-state index contributed by atoms with van der Waals surface area (Å²) in [4.78, 5) is 18.3. The van der Waals surface area contributed by atoms with Crippen LogP contribution in [-0.4, -0.2) is 66.5 Å². The van der Waals surface area contributed by atoms with Gasteiger partial charge in [0.05, 0.1) is 6.04 Å². The quantitative estimate of drug-likeness (QED) is 0.703. The van der Waals surface area contributed by atoms with Crippen molar-refractivity contribution in [3.63, 3.8) is 0 Å². The molecule has 2 rings (SSSR count). The van der Waals surface area contributed by atoms with Crippen LogP contribution in [0.2, 0.25) is 0 Å². The molecule has 0 N–H and O–H groups in total. The summed E-state index contributed by atoms with van der Waals surface area (Å²) in [5.41, 5.74) is 0. The Morgan fingerprint density at radius 3 is 2.38 bits per heavy atom. The molecule has 0 aromatic heterocycles. The van der Waals surface area contributed by atoms with Crippen molar-refractivity contribution in [2.45, 2.75) is 32.4 Å². The lowest BCUT2D eigenvalue weighted by molar-refractivity contribution is 0.183. The first-order valence-corrected chi connectivity index (χ1v) is 6.22. The molecule has 2 fully saturated rings. The third kappa shape index (κ3) is 1.90. The van der Waals surface area contributed by atoms with Crippen molar-refractivity contribution in [1.82, 2.24) is 14.7 Å². The van der Waals surface area contributed by atoms with E-state index in [2.05, 4.69) is 25.8 Å². The molecule has 4 heteroatoms. The van der Waals surface area contributed by atoms with Crippen LogP contribution >= 0.6 is 0 Å². The zero-order chi connectivity index (χ0) is 11.9. The highest BCUT2D eigenvalue weighted by Crippen LogP contribution is 2.28. The Balaban J connectivity index is 2.04. The second-order valence-corrected chi connectivity index (χ2v) is 5.52. The molecule has 2 unspecified atom stereocenters. The zero-order valence-electron chi connectivity index (χ0n) is 10.8. The van der Waals surface area contributed by atoms with Crippen LogP contribution < -0.4 is 0 Å². The van der Waals surface area contributed by atoms with Gasteiger partial charge >= 0.3 is 6.03 Å². The molecule has 0 saturated carbocycles. The molecule has 0 bridgehead atoms. The number of hydrogen-bond donors (Lipinski definition) is 0. The Morgan fingerprint density at radius 2 is 1.94 bits per heavy atom. The molecular formula is C12H23N3O. The highest BCUT2D eigenvalue weighted by Gasteiger charge is 2.41. The molecule has 4 nitrogen and oxygen atoms in total. The fourth-order valence-electron chi connectivity index (χ4n) is 2.93. The van der Waals surface area contributed by atoms with Crippen LogP contribution in [0.25, 0.3) is 0 Å². The summed E-state index contributed by atoms with van der Waals surface area (Å²) in [7, 11) is 4.12. The van der Waals surface area contributed by atoms with E-state index in [-0.39, 0.29) is 6.03 Å². The van der Waals surface area contributed by atoms with Gasteiger partial charge in [-0.25, -0.2) is 4.79 Å². The van der Waals surface area contributed by atoms with Crippen LogP contribution in [0.3, 0.4) is 0 Å². The van der Waals surface area contributed by atoms with Crippen molar-refractivity contribution in [2.24, 2.45) is 5.92 Å². The Labute approximate surface area is 98.2 Å². The minimum Gasteiger partial charge on any atom is -0.323 e. The number of carbonyl (C=O) groups excluding carboxylic acids is 1. The molecule has 0 aliphatic carbocycles. The predicted molar refractivity (Wildman–Crippen MR) is 64.4 cm³/mol. The normalized spacial score (nSPS) is 32.2. The minimum atomic E-state index is 0.203. The molecule has 2 aliphatic rings. The van der Waals surface area contributed by atoms with Crippen molar-refractivity contribution in [2.75, 3.05) is 33.7 Å². The van der Waals surface area contributed by atoms with Crippen molar-refractivity contribution in [3.8, 4) is 0 Å². The second-order valence-electron chi connectivity index (χ2n) is 5.52. The maximum atomic E-state index is 12.0. The average molecular weight is 225 g/mol. The molecule has 2 aliphatic heterocycles. The number of likely N-dealkylation sites (tertiary alicyclic amines) is 1. The van der Waals surface area contributed by atoms with Gasteiger partial charge in [-0.2, -0.15) is 0 Å². The van der Waals surface area contributed by atoms with E-state index >= 15 is 0 Å². The summed E-state index contributed by atoms with van der Waals surface area (Å²) < 4.78 is 0. The van der Waals surface area contributed by atoms with Gasteiger partial charge < -0.3 is 14.7 Å². The Bertz CT molecular complexity index is 279. The SMILES string of the molecule is CC(C)N1CC(C2CCN(C)C2)N(C)C1=O. The fraction of sp³-hybridized carbons (Fsp3) is 0.917. The zero-order valence-corrected chi connectivity index (χ0v) is 10.8. The fourth-order valence-corrected chi connectivity index (χ4v) is 2.93. The highest BCUT2D eigenvalue weighted by atomic mass is 16.2. The maximum absolute atomic E-state index is 12.0. The molecular weight excluding hydrogens is 202 g/mol. The van der Waals surface area contributed by atoms with E-state index in [0.29, 0.717) is 18.0 Å². The van der Waals surface area contributed by atoms with Gasteiger partial charge in [-0.05, 0) is 39.8 Å². The summed E-state index contributed by atoms with van der Waals surface area (Å²) in [5.74, 6) is 0.655. The Morgan fingerprint density at radius 1 is 1.25 bits per heavy atom. The lowest BCUT2D eigenvalue weighted by Crippen LogP contribution is -2.37. The van der Waals surface area contributed by atoms with Crippen LogP contribution in [0.15, 0.2) is 0 Å². The van der Waals surface area contributed by atoms with Gasteiger partial charge in [0.25, 0.3) is 0 Å². The summed E-state index contributed by atoms with van der Waals surface area (Å²) in [6.45, 7) is 7.40. The third-order valence-corrected chi connectivity index (χ3v) is 4.02. The molecule has 2 atom stereocenters. The molecule has 2 heterocycles. The molecule has 92 valence electrons. The highest BCUT2D eigenvalue weighted by molar-refractivity contribution is 5.77. The van der Waals surface area contributed by atoms with E-state index in [1.165, 1.54) is 13.0 Å². The Kier molecular flexibility index (Phi) is 3.10. The molecule has 16 heavy (non-hydrogen) atoms. The Hall–Kier alpha value is -0.770. The van der Waals surface area contributed by atoms with Crippen LogP contribution in [0.1, 0.15) is 20.3 Å². The van der Waals surface area contributed by atoms with E-state index in [4.69, 9.17) is 0 Å². The van der Waals surface area contributed by atoms with E-state index in [1.54, 1.807) is 0 Å². The second kappa shape index (κ2) is 4.24. The lowest BCUT2D eigenvalue weighted by Gasteiger charge is -2.23. The van der Waals surface area contributed by atoms with E-state index < -0.39 is 0 Å². The van der Waals surface area contributed by atoms with Crippen molar-refractivity contribution in [1.29, 1.82) is 0 Å². The number of hydrogen-bond acceptors (Lipinski definition) is 2. The summed E-state index contributed by atoms with van der Waals surface area (Å²) >= 11 is 0. The number of amides is 2. The number of rotatable bonds is 2. The minimum absolute atomic E-state index is 0.203. The number of nitrogens with zero attached hydrogens (tertiary/aromatic N) is 3. The molecule has 2 saturated heterocycles. The predicted octanol–water partition coefficient (Wildman–Crippen LogP) is 1.08. The first-order chi connectivity index (χ1) is 7.50. The maximum Gasteiger partial charge on any atom is 0.320 e. The number of likely N-dealkylation sites (N-methyl/N-ethyl adjacent to an activating group) is 1. The molecule has 0 aromatic carbocycles. The third-order valence-electron chi connectivity index (χ3n) is 4.02. The largest absolute Gasteiger partial charge is 0.323 e. The number of carbonyl (C=O) groups is 1. The topological polar surface area (TPSA) is 26.8 Å². The first-order valence-electron chi connectivity index (χ1n) is 6.22. The van der Waals surface area contributed by atoms with Crippen molar-refractivity contribution in [3.05, 3.63) is 0 Å². The van der Waals surface area contributed by atoms with E-state index in [0.717, 1.165) is 13.1 Å². The van der Waals surface area contributed by atoms with Crippen LogP contribution in [0, 0.1) is 5.92 Å². The summed E-state index contributed by atoms with van der Waals surface area (Å²) in [5, 5.41) is 0. The van der Waals surface area contributed by atoms with Crippen molar-refractivity contribution < 1.29 is 4.79 Å². The van der Waals surface area contributed by atoms with Crippen LogP contribution in [0.4, 0.5) is 4.79 Å². The van der Waals surface area contributed by atoms with Crippen LogP contribution in [-0.2, 0) is 0 Å². The van der Waals surface area contributed by atoms with Gasteiger partial charge in [-0.3, -0.25) is 0 Å². The van der Waals surface area contributed by atoms with Gasteiger partial charge in [0.1, 0.15) is 0 Å². The van der Waals surface area contributed by atoms with Crippen molar-refractivity contribution >= 4 is 6.03 Å². The first kappa shape index (κ1) is 11.7. The lowest BCUT2D eigenvalue weighted by atomic mass is 9.98. The molecule has 0 aromatic rings. The standard InChI is InChI=1S/C12H23N3O/c1-9(2)15-8-11(14(4)12(15)16)10-5-6-13(3)7-10/h9-11H,5-8H2,1-4H3. The molecule has 0 radical (unpaired) electrons. The summed E-state index contributed by atoms with van der Waals surface area (Å²) in [6, 6.07) is 0.938. The number of urea groups is 1. The van der Waals surface area contributed by atoms with Gasteiger partial charge in [0, 0.05) is 26.2 Å². The molecule has 0 spiro atoms. The van der Waals surface area contributed by atoms with Gasteiger partial charge in [0.15, 0.2) is 0 Å². The van der Waals surface area contributed by atoms with Gasteiger partial charge in [0.2, 0.25) is 0 Å². The molecule has 2 amide bonds. The van der Waals surface area contributed by atoms with Gasteiger partial charge in [-0.1, -0.05) is 0 Å². The van der Waals surface area contributed by atoms with Gasteiger partial charge in [-0.15, -0.1) is 0 Å². The van der Waals surface area contributed by atoms with E-state index in [9.17, 15) is 4.79 Å². The average Bonchev–Trinajstić information content (AvgIpc) is 2.74. The monoisotopic (exact) mass is 225 g/mol. The smallest absolute Gasteiger partial charge is 0.320 e. The van der Waals surface area contributed by atoms with E-state index in [1.807, 2.05) is 16.8 Å². The van der Waals surface area contributed by atoms with Crippen LogP contribution in [0.5, 0.6) is 0 Å². The summed E-state index contributed by atoms with van der Waals surface area (Å²) in [6.07, 6.45) is 1.23.